The van der Waals surface area contributed by atoms with Crippen molar-refractivity contribution in [1.82, 2.24) is 0 Å². The molecule has 4 aromatic carbocycles. The van der Waals surface area contributed by atoms with Gasteiger partial charge in [0, 0.05) is 0 Å². The lowest BCUT2D eigenvalue weighted by molar-refractivity contribution is 1.26. The summed E-state index contributed by atoms with van der Waals surface area (Å²) in [5.74, 6) is 0. The molecule has 0 aliphatic heterocycles. The van der Waals surface area contributed by atoms with Gasteiger partial charge < -0.3 is 0 Å². The number of nitrogens with zero attached hydrogens (tertiary/aromatic N) is 1. The van der Waals surface area contributed by atoms with Crippen LogP contribution in [0.4, 0.5) is 0 Å². The van der Waals surface area contributed by atoms with E-state index in [2.05, 4.69) is 88.4 Å². The second-order valence-corrected chi connectivity index (χ2v) is 8.37. The molecule has 0 amide bonds. The van der Waals surface area contributed by atoms with E-state index in [0.717, 1.165) is 5.56 Å². The lowest BCUT2D eigenvalue weighted by Gasteiger charge is -2.18. The SMILES string of the molecule is Cc1cc(C)c(-c2cccc3c2=c2c(-c4ccc(C#N)cc4C)cccc2=3)c(C)c1. The van der Waals surface area contributed by atoms with E-state index in [1.54, 1.807) is 0 Å². The number of hydrogen-bond acceptors (Lipinski definition) is 1. The molecule has 0 radical (unpaired) electrons. The quantitative estimate of drug-likeness (QED) is 0.320. The normalized spacial score (nSPS) is 11.3. The van der Waals surface area contributed by atoms with Crippen LogP contribution in [0.25, 0.3) is 22.3 Å². The molecule has 0 unspecified atom stereocenters. The van der Waals surface area contributed by atoms with Gasteiger partial charge in [0.15, 0.2) is 0 Å². The Hall–Kier alpha value is -3.63. The van der Waals surface area contributed by atoms with Crippen molar-refractivity contribution in [2.45, 2.75) is 27.7 Å². The van der Waals surface area contributed by atoms with Gasteiger partial charge in [-0.05, 0) is 99.6 Å². The average molecular weight is 386 g/mol. The van der Waals surface area contributed by atoms with Crippen molar-refractivity contribution >= 4 is 0 Å². The van der Waals surface area contributed by atoms with Gasteiger partial charge in [0.1, 0.15) is 0 Å². The van der Waals surface area contributed by atoms with Gasteiger partial charge in [-0.2, -0.15) is 5.26 Å². The van der Waals surface area contributed by atoms with E-state index in [0.29, 0.717) is 5.56 Å². The van der Waals surface area contributed by atoms with Crippen molar-refractivity contribution in [1.29, 1.82) is 5.26 Å². The molecule has 1 heteroatoms. The minimum Gasteiger partial charge on any atom is -0.192 e. The first-order valence-corrected chi connectivity index (χ1v) is 10.4. The summed E-state index contributed by atoms with van der Waals surface area (Å²) in [4.78, 5) is 0. The summed E-state index contributed by atoms with van der Waals surface area (Å²) in [5.41, 5.74) is 10.9. The number of nitriles is 1. The molecule has 0 bridgehead atoms. The first kappa shape index (κ1) is 18.4. The number of rotatable bonds is 2. The van der Waals surface area contributed by atoms with Crippen LogP contribution in [0, 0.1) is 59.9 Å². The molecule has 1 nitrogen and oxygen atoms in total. The Morgan fingerprint density at radius 2 is 1.20 bits per heavy atom. The minimum absolute atomic E-state index is 0.706. The Labute approximate surface area is 176 Å². The van der Waals surface area contributed by atoms with Crippen LogP contribution < -0.4 is 0 Å². The zero-order valence-electron chi connectivity index (χ0n) is 17.8. The van der Waals surface area contributed by atoms with Crippen molar-refractivity contribution in [3.05, 3.63) is 115 Å². The fraction of sp³-hybridized carbons (Fsp3) is 0.138. The predicted molar refractivity (Wildman–Crippen MR) is 123 cm³/mol. The molecular weight excluding hydrogens is 362 g/mol. The van der Waals surface area contributed by atoms with Crippen LogP contribution in [-0.4, -0.2) is 0 Å². The van der Waals surface area contributed by atoms with E-state index >= 15 is 0 Å². The van der Waals surface area contributed by atoms with Crippen LogP contribution in [0.2, 0.25) is 0 Å². The molecule has 0 spiro atoms. The third-order valence-electron chi connectivity index (χ3n) is 6.26. The summed E-state index contributed by atoms with van der Waals surface area (Å²) in [7, 11) is 0. The molecule has 0 saturated heterocycles. The standard InChI is InChI=1S/C29H23N/c1-17-13-19(3)27(20(4)14-17)26-10-6-9-25-24-8-5-7-23(28(24)29(25)26)22-12-11-21(16-30)15-18(22)2/h5-15H,1-4H3. The summed E-state index contributed by atoms with van der Waals surface area (Å²) < 4.78 is 0. The molecule has 1 aliphatic carbocycles. The van der Waals surface area contributed by atoms with Crippen LogP contribution in [0.1, 0.15) is 27.8 Å². The van der Waals surface area contributed by atoms with Crippen molar-refractivity contribution in [2.75, 3.05) is 0 Å². The number of hydrogen-bond donors (Lipinski definition) is 0. The Morgan fingerprint density at radius 3 is 1.80 bits per heavy atom. The van der Waals surface area contributed by atoms with Gasteiger partial charge in [0.05, 0.1) is 11.6 Å². The molecular formula is C29H23N. The summed E-state index contributed by atoms with van der Waals surface area (Å²) in [6.45, 7) is 8.68. The topological polar surface area (TPSA) is 23.8 Å². The highest BCUT2D eigenvalue weighted by Gasteiger charge is 2.16. The molecule has 0 aromatic heterocycles. The highest BCUT2D eigenvalue weighted by atomic mass is 14.2. The Bertz CT molecular complexity index is 1560. The Balaban J connectivity index is 1.90. The first-order chi connectivity index (χ1) is 14.5. The summed E-state index contributed by atoms with van der Waals surface area (Å²) >= 11 is 0. The second-order valence-electron chi connectivity index (χ2n) is 8.37. The molecule has 0 N–H and O–H groups in total. The lowest BCUT2D eigenvalue weighted by atomic mass is 9.85. The fourth-order valence-electron chi connectivity index (χ4n) is 5.10. The summed E-state index contributed by atoms with van der Waals surface area (Å²) in [5, 5.41) is 14.6. The van der Waals surface area contributed by atoms with Gasteiger partial charge in [-0.1, -0.05) is 60.2 Å². The van der Waals surface area contributed by atoms with Crippen LogP contribution in [0.15, 0.2) is 66.7 Å². The van der Waals surface area contributed by atoms with E-state index < -0.39 is 0 Å². The second kappa shape index (κ2) is 6.71. The van der Waals surface area contributed by atoms with Crippen LogP contribution >= 0.6 is 0 Å². The molecule has 1 aliphatic rings. The smallest absolute Gasteiger partial charge is 0.0991 e. The maximum atomic E-state index is 9.25. The van der Waals surface area contributed by atoms with E-state index in [1.807, 2.05) is 12.1 Å². The third kappa shape index (κ3) is 2.61. The van der Waals surface area contributed by atoms with Crippen LogP contribution in [0.5, 0.6) is 0 Å². The first-order valence-electron chi connectivity index (χ1n) is 10.4. The maximum absolute atomic E-state index is 9.25. The minimum atomic E-state index is 0.706. The molecule has 0 saturated carbocycles. The van der Waals surface area contributed by atoms with Crippen molar-refractivity contribution < 1.29 is 0 Å². The largest absolute Gasteiger partial charge is 0.192 e. The Morgan fingerprint density at radius 1 is 0.600 bits per heavy atom. The summed E-state index contributed by atoms with van der Waals surface area (Å²) in [6, 6.07) is 26.0. The molecule has 30 heavy (non-hydrogen) atoms. The van der Waals surface area contributed by atoms with Crippen LogP contribution in [-0.2, 0) is 0 Å². The average Bonchev–Trinajstić information content (AvgIpc) is 2.70. The van der Waals surface area contributed by atoms with Crippen molar-refractivity contribution in [3.8, 4) is 28.3 Å². The molecule has 0 atom stereocenters. The highest BCUT2D eigenvalue weighted by Crippen LogP contribution is 2.35. The van der Waals surface area contributed by atoms with E-state index in [9.17, 15) is 5.26 Å². The van der Waals surface area contributed by atoms with Gasteiger partial charge in [-0.15, -0.1) is 0 Å². The molecule has 0 fully saturated rings. The molecule has 4 aromatic rings. The van der Waals surface area contributed by atoms with Gasteiger partial charge in [0.2, 0.25) is 0 Å². The van der Waals surface area contributed by atoms with Crippen molar-refractivity contribution in [3.63, 3.8) is 0 Å². The van der Waals surface area contributed by atoms with E-state index in [4.69, 9.17) is 0 Å². The highest BCUT2D eigenvalue weighted by molar-refractivity contribution is 5.76. The fourth-order valence-corrected chi connectivity index (χ4v) is 5.10. The van der Waals surface area contributed by atoms with Crippen molar-refractivity contribution in [2.24, 2.45) is 0 Å². The van der Waals surface area contributed by atoms with Gasteiger partial charge >= 0.3 is 0 Å². The number of benzene rings is 4. The monoisotopic (exact) mass is 385 g/mol. The number of aryl methyl sites for hydroxylation is 4. The molecule has 144 valence electrons. The van der Waals surface area contributed by atoms with Gasteiger partial charge in [0.25, 0.3) is 0 Å². The maximum Gasteiger partial charge on any atom is 0.0991 e. The predicted octanol–water partition coefficient (Wildman–Crippen LogP) is 7.01. The third-order valence-corrected chi connectivity index (χ3v) is 6.26. The Kier molecular flexibility index (Phi) is 4.12. The van der Waals surface area contributed by atoms with Gasteiger partial charge in [-0.3, -0.25) is 0 Å². The summed E-state index contributed by atoms with van der Waals surface area (Å²) in [6.07, 6.45) is 0. The lowest BCUT2D eigenvalue weighted by Crippen LogP contribution is -2.00. The van der Waals surface area contributed by atoms with Crippen LogP contribution in [0.3, 0.4) is 0 Å². The zero-order chi connectivity index (χ0) is 21.0. The molecule has 0 heterocycles. The zero-order valence-corrected chi connectivity index (χ0v) is 17.8. The van der Waals surface area contributed by atoms with E-state index in [-0.39, 0.29) is 0 Å². The number of fused-ring (bicyclic) bond motifs is 2. The van der Waals surface area contributed by atoms with E-state index in [1.165, 1.54) is 59.8 Å². The molecule has 5 rings (SSSR count). The van der Waals surface area contributed by atoms with Gasteiger partial charge in [-0.25, -0.2) is 0 Å².